The van der Waals surface area contributed by atoms with Crippen molar-refractivity contribution in [2.75, 3.05) is 41.9 Å². The summed E-state index contributed by atoms with van der Waals surface area (Å²) in [5.41, 5.74) is 1.48. The molecular formula is C28H34F3N7O5S. The topological polar surface area (TPSA) is 169 Å². The first-order chi connectivity index (χ1) is 20.8. The van der Waals surface area contributed by atoms with E-state index >= 15 is 0 Å². The largest absolute Gasteiger partial charge is 0.451 e. The van der Waals surface area contributed by atoms with E-state index in [2.05, 4.69) is 20.6 Å². The zero-order valence-electron chi connectivity index (χ0n) is 23.9. The summed E-state index contributed by atoms with van der Waals surface area (Å²) < 4.78 is 71.5. The lowest BCUT2D eigenvalue weighted by Crippen LogP contribution is -2.57. The van der Waals surface area contributed by atoms with Crippen LogP contribution >= 0.6 is 0 Å². The van der Waals surface area contributed by atoms with Crippen molar-refractivity contribution >= 4 is 33.6 Å². The van der Waals surface area contributed by atoms with Gasteiger partial charge in [0.05, 0.1) is 11.6 Å². The van der Waals surface area contributed by atoms with Gasteiger partial charge < -0.3 is 20.4 Å². The molecule has 1 aromatic carbocycles. The van der Waals surface area contributed by atoms with E-state index in [0.717, 1.165) is 5.56 Å². The fourth-order valence-corrected chi connectivity index (χ4v) is 5.59. The molecule has 0 aliphatic carbocycles. The molecule has 2 amide bonds. The maximum atomic E-state index is 13.8. The summed E-state index contributed by atoms with van der Waals surface area (Å²) in [5.74, 6) is -2.49. The van der Waals surface area contributed by atoms with E-state index in [4.69, 9.17) is 9.81 Å². The number of rotatable bonds is 12. The molecule has 0 bridgehead atoms. The van der Waals surface area contributed by atoms with Gasteiger partial charge in [0.15, 0.2) is 0 Å². The fraction of sp³-hybridized carbons (Fsp3) is 0.536. The maximum Gasteiger partial charge on any atom is 0.451 e. The van der Waals surface area contributed by atoms with Crippen molar-refractivity contribution in [2.45, 2.75) is 57.2 Å². The molecule has 12 nitrogen and oxygen atoms in total. The van der Waals surface area contributed by atoms with Crippen LogP contribution in [0.2, 0.25) is 0 Å². The van der Waals surface area contributed by atoms with Crippen LogP contribution in [0.3, 0.4) is 0 Å². The van der Waals surface area contributed by atoms with E-state index in [9.17, 15) is 31.2 Å². The highest BCUT2D eigenvalue weighted by Crippen LogP contribution is 2.34. The van der Waals surface area contributed by atoms with Crippen LogP contribution in [0.15, 0.2) is 30.3 Å². The van der Waals surface area contributed by atoms with Crippen molar-refractivity contribution in [1.29, 1.82) is 5.26 Å². The van der Waals surface area contributed by atoms with Crippen LogP contribution in [0, 0.1) is 17.2 Å². The van der Waals surface area contributed by atoms with Crippen LogP contribution in [0.1, 0.15) is 55.5 Å². The number of hydrogen-bond acceptors (Lipinski definition) is 9. The first-order valence-corrected chi connectivity index (χ1v) is 15.9. The number of alkyl halides is 3. The minimum Gasteiger partial charge on any atom is -0.356 e. The molecule has 3 N–H and O–H groups in total. The summed E-state index contributed by atoms with van der Waals surface area (Å²) in [6.07, 6.45) is -1.14. The van der Waals surface area contributed by atoms with Gasteiger partial charge in [-0.15, -0.1) is 0 Å². The second-order valence-electron chi connectivity index (χ2n) is 10.9. The number of carbonyl (C=O) groups excluding carboxylic acids is 2. The molecule has 2 aromatic rings. The van der Waals surface area contributed by atoms with Crippen molar-refractivity contribution in [3.05, 3.63) is 47.3 Å². The van der Waals surface area contributed by atoms with Crippen molar-refractivity contribution < 1.29 is 35.7 Å². The highest BCUT2D eigenvalue weighted by atomic mass is 32.2. The van der Waals surface area contributed by atoms with E-state index in [1.54, 1.807) is 34.1 Å². The van der Waals surface area contributed by atoms with Crippen molar-refractivity contribution in [1.82, 2.24) is 20.6 Å². The molecule has 1 atom stereocenters. The van der Waals surface area contributed by atoms with E-state index in [-0.39, 0.29) is 29.9 Å². The van der Waals surface area contributed by atoms with Crippen LogP contribution in [0.25, 0.3) is 0 Å². The Morgan fingerprint density at radius 2 is 1.73 bits per heavy atom. The second-order valence-corrected chi connectivity index (χ2v) is 12.4. The van der Waals surface area contributed by atoms with Crippen LogP contribution < -0.4 is 20.4 Å². The number of anilines is 2. The van der Waals surface area contributed by atoms with Gasteiger partial charge in [0.25, 0.3) is 10.1 Å². The summed E-state index contributed by atoms with van der Waals surface area (Å²) in [7, 11) is -4.29. The number of halogens is 3. The Balaban J connectivity index is 1.32. The number of aromatic nitrogens is 2. The van der Waals surface area contributed by atoms with Crippen molar-refractivity contribution in [3.63, 3.8) is 0 Å². The smallest absolute Gasteiger partial charge is 0.356 e. The molecular weight excluding hydrogens is 603 g/mol. The van der Waals surface area contributed by atoms with E-state index in [0.29, 0.717) is 70.3 Å². The van der Waals surface area contributed by atoms with Gasteiger partial charge in [-0.05, 0) is 62.1 Å². The van der Waals surface area contributed by atoms with Gasteiger partial charge in [0, 0.05) is 38.7 Å². The Morgan fingerprint density at radius 3 is 2.32 bits per heavy atom. The Bertz CT molecular complexity index is 1470. The van der Waals surface area contributed by atoms with Crippen molar-refractivity contribution in [3.8, 4) is 6.07 Å². The molecule has 0 saturated carbocycles. The van der Waals surface area contributed by atoms with Gasteiger partial charge in [0.2, 0.25) is 17.6 Å². The molecule has 3 heterocycles. The molecule has 44 heavy (non-hydrogen) atoms. The number of nitriles is 1. The standard InChI is InChI=1S/C28H34F3N7O5S/c29-28(30,31)27-35-23(37-13-9-19(10-14-37)2-1-3-25(39)34-18-44(41,42)43)16-24(36-27)38-15-11-22(38)26(40)33-12-8-20-4-6-21(17-32)7-5-20/h4-7,16,19,22H,1-3,8-15,18H2,(H,33,40)(H,34,39)(H,41,42,43). The summed E-state index contributed by atoms with van der Waals surface area (Å²) in [5, 5.41) is 13.9. The number of nitrogens with zero attached hydrogens (tertiary/aromatic N) is 5. The Morgan fingerprint density at radius 1 is 1.05 bits per heavy atom. The van der Waals surface area contributed by atoms with Crippen LogP contribution in [0.5, 0.6) is 0 Å². The molecule has 0 radical (unpaired) electrons. The average Bonchev–Trinajstić information content (AvgIpc) is 2.95. The van der Waals surface area contributed by atoms with Gasteiger partial charge in [-0.3, -0.25) is 14.1 Å². The zero-order chi connectivity index (χ0) is 31.9. The number of hydrogen-bond donors (Lipinski definition) is 3. The molecule has 1 aromatic heterocycles. The third-order valence-electron chi connectivity index (χ3n) is 7.77. The predicted molar refractivity (Wildman–Crippen MR) is 154 cm³/mol. The SMILES string of the molecule is N#Cc1ccc(CCNC(=O)C2CCN2c2cc(N3CCC(CCCC(=O)NCS(=O)(=O)O)CC3)nc(C(F)(F)F)n2)cc1. The van der Waals surface area contributed by atoms with Gasteiger partial charge in [-0.2, -0.15) is 26.9 Å². The zero-order valence-corrected chi connectivity index (χ0v) is 24.7. The molecule has 4 rings (SSSR count). The lowest BCUT2D eigenvalue weighted by molar-refractivity contribution is -0.144. The first kappa shape index (κ1) is 32.9. The molecule has 238 valence electrons. The third kappa shape index (κ3) is 9.26. The summed E-state index contributed by atoms with van der Waals surface area (Å²) in [4.78, 5) is 35.5. The minimum absolute atomic E-state index is 0.0406. The number of piperidine rings is 1. The Labute approximate surface area is 253 Å². The predicted octanol–water partition coefficient (Wildman–Crippen LogP) is 2.65. The highest BCUT2D eigenvalue weighted by molar-refractivity contribution is 7.85. The van der Waals surface area contributed by atoms with E-state index in [1.807, 2.05) is 6.07 Å². The van der Waals surface area contributed by atoms with Gasteiger partial charge in [0.1, 0.15) is 23.6 Å². The minimum atomic E-state index is -4.78. The van der Waals surface area contributed by atoms with E-state index < -0.39 is 39.9 Å². The van der Waals surface area contributed by atoms with Gasteiger partial charge in [-0.25, -0.2) is 9.97 Å². The quantitative estimate of drug-likeness (QED) is 0.294. The van der Waals surface area contributed by atoms with Crippen LogP contribution in [-0.4, -0.2) is 72.9 Å². The maximum absolute atomic E-state index is 13.8. The number of carbonyl (C=O) groups is 2. The van der Waals surface area contributed by atoms with Crippen LogP contribution in [-0.2, 0) is 32.3 Å². The summed E-state index contributed by atoms with van der Waals surface area (Å²) >= 11 is 0. The lowest BCUT2D eigenvalue weighted by Gasteiger charge is -2.41. The molecule has 0 spiro atoms. The number of nitrogens with one attached hydrogen (secondary N) is 2. The average molecular weight is 638 g/mol. The van der Waals surface area contributed by atoms with Gasteiger partial charge >= 0.3 is 6.18 Å². The van der Waals surface area contributed by atoms with Crippen molar-refractivity contribution in [2.24, 2.45) is 5.92 Å². The molecule has 2 fully saturated rings. The Kier molecular flexibility index (Phi) is 10.6. The molecule has 2 aliphatic heterocycles. The summed E-state index contributed by atoms with van der Waals surface area (Å²) in [6, 6.07) is 9.88. The monoisotopic (exact) mass is 637 g/mol. The number of benzene rings is 1. The molecule has 2 aliphatic rings. The third-order valence-corrected chi connectivity index (χ3v) is 8.28. The fourth-order valence-electron chi connectivity index (χ4n) is 5.25. The van der Waals surface area contributed by atoms with Crippen LogP contribution in [0.4, 0.5) is 24.8 Å². The summed E-state index contributed by atoms with van der Waals surface area (Å²) in [6.45, 7) is 1.61. The normalized spacial score (nSPS) is 17.5. The highest BCUT2D eigenvalue weighted by Gasteiger charge is 2.40. The lowest BCUT2D eigenvalue weighted by atomic mass is 9.91. The van der Waals surface area contributed by atoms with Gasteiger partial charge in [-0.1, -0.05) is 12.1 Å². The second kappa shape index (κ2) is 14.2. The number of amides is 2. The molecule has 2 saturated heterocycles. The molecule has 16 heteroatoms. The first-order valence-electron chi connectivity index (χ1n) is 14.3. The van der Waals surface area contributed by atoms with E-state index in [1.165, 1.54) is 6.07 Å². The molecule has 1 unspecified atom stereocenters. The Hall–Kier alpha value is -3.97.